The quantitative estimate of drug-likeness (QED) is 0.777. The van der Waals surface area contributed by atoms with E-state index in [1.54, 1.807) is 12.1 Å². The van der Waals surface area contributed by atoms with Crippen LogP contribution < -0.4 is 4.74 Å². The molecule has 1 heterocycles. The van der Waals surface area contributed by atoms with E-state index in [9.17, 15) is 0 Å². The highest BCUT2D eigenvalue weighted by atomic mass is 35.5. The fraction of sp³-hybridized carbons (Fsp3) is 0.400. The van der Waals surface area contributed by atoms with Crippen molar-refractivity contribution in [1.29, 1.82) is 0 Å². The number of rotatable bonds is 2. The van der Waals surface area contributed by atoms with E-state index in [0.29, 0.717) is 10.0 Å². The summed E-state index contributed by atoms with van der Waals surface area (Å²) in [4.78, 5) is 2.20. The van der Waals surface area contributed by atoms with Gasteiger partial charge in [-0.3, -0.25) is 4.90 Å². The molecule has 76 valence electrons. The predicted octanol–water partition coefficient (Wildman–Crippen LogP) is 2.69. The average molecular weight is 232 g/mol. The van der Waals surface area contributed by atoms with Crippen LogP contribution in [0, 0.1) is 0 Å². The van der Waals surface area contributed by atoms with Crippen molar-refractivity contribution in [2.24, 2.45) is 0 Å². The van der Waals surface area contributed by atoms with Crippen molar-refractivity contribution in [1.82, 2.24) is 4.90 Å². The maximum Gasteiger partial charge on any atom is 0.124 e. The first-order chi connectivity index (χ1) is 6.65. The zero-order valence-electron chi connectivity index (χ0n) is 7.84. The minimum Gasteiger partial charge on any atom is -0.488 e. The summed E-state index contributed by atoms with van der Waals surface area (Å²) >= 11 is 11.7. The third-order valence-electron chi connectivity index (χ3n) is 2.22. The molecule has 1 aromatic carbocycles. The molecular formula is C10H11Cl2NO. The summed E-state index contributed by atoms with van der Waals surface area (Å²) in [5, 5.41) is 1.10. The first kappa shape index (κ1) is 10.1. The second kappa shape index (κ2) is 3.97. The number of halogens is 2. The number of hydrogen-bond donors (Lipinski definition) is 0. The monoisotopic (exact) mass is 231 g/mol. The number of benzene rings is 1. The van der Waals surface area contributed by atoms with Gasteiger partial charge in [-0.15, -0.1) is 0 Å². The van der Waals surface area contributed by atoms with Crippen LogP contribution in [0.3, 0.4) is 0 Å². The van der Waals surface area contributed by atoms with Crippen molar-refractivity contribution in [3.63, 3.8) is 0 Å². The molecular weight excluding hydrogens is 221 g/mol. The highest BCUT2D eigenvalue weighted by Gasteiger charge is 2.24. The predicted molar refractivity (Wildman–Crippen MR) is 58.4 cm³/mol. The lowest BCUT2D eigenvalue weighted by molar-refractivity contribution is 0.0388. The van der Waals surface area contributed by atoms with Crippen LogP contribution in [0.5, 0.6) is 5.75 Å². The van der Waals surface area contributed by atoms with Crippen LogP contribution in [0.25, 0.3) is 0 Å². The van der Waals surface area contributed by atoms with Crippen LogP contribution in [-0.2, 0) is 0 Å². The van der Waals surface area contributed by atoms with E-state index in [-0.39, 0.29) is 6.10 Å². The maximum absolute atomic E-state index is 5.86. The van der Waals surface area contributed by atoms with Gasteiger partial charge in [0.2, 0.25) is 0 Å². The molecule has 14 heavy (non-hydrogen) atoms. The van der Waals surface area contributed by atoms with E-state index in [0.717, 1.165) is 18.8 Å². The summed E-state index contributed by atoms with van der Waals surface area (Å²) in [5.41, 5.74) is 0. The second-order valence-corrected chi connectivity index (χ2v) is 4.35. The summed E-state index contributed by atoms with van der Waals surface area (Å²) in [6, 6.07) is 5.34. The Morgan fingerprint density at radius 1 is 1.29 bits per heavy atom. The van der Waals surface area contributed by atoms with Gasteiger partial charge in [0.25, 0.3) is 0 Å². The second-order valence-electron chi connectivity index (χ2n) is 3.54. The Hall–Kier alpha value is -0.440. The van der Waals surface area contributed by atoms with Gasteiger partial charge in [0.1, 0.15) is 11.9 Å². The van der Waals surface area contributed by atoms with Gasteiger partial charge >= 0.3 is 0 Å². The molecule has 1 aromatic rings. The van der Waals surface area contributed by atoms with Crippen molar-refractivity contribution in [3.8, 4) is 5.75 Å². The van der Waals surface area contributed by atoms with Gasteiger partial charge in [0, 0.05) is 19.2 Å². The zero-order valence-corrected chi connectivity index (χ0v) is 9.35. The molecule has 1 fully saturated rings. The first-order valence-corrected chi connectivity index (χ1v) is 5.21. The molecule has 2 nitrogen and oxygen atoms in total. The van der Waals surface area contributed by atoms with E-state index < -0.39 is 0 Å². The Morgan fingerprint density at radius 3 is 2.57 bits per heavy atom. The number of nitrogens with zero attached hydrogens (tertiary/aromatic N) is 1. The lowest BCUT2D eigenvalue weighted by Crippen LogP contribution is -2.51. The SMILES string of the molecule is CN1CC(Oc2ccc(Cl)c(Cl)c2)C1. The van der Waals surface area contributed by atoms with E-state index in [1.807, 2.05) is 6.07 Å². The molecule has 0 bridgehead atoms. The molecule has 0 N–H and O–H groups in total. The summed E-state index contributed by atoms with van der Waals surface area (Å²) in [7, 11) is 2.06. The summed E-state index contributed by atoms with van der Waals surface area (Å²) in [6.07, 6.45) is 0.289. The van der Waals surface area contributed by atoms with Crippen LogP contribution in [0.1, 0.15) is 0 Å². The number of hydrogen-bond acceptors (Lipinski definition) is 2. The van der Waals surface area contributed by atoms with Crippen molar-refractivity contribution in [2.75, 3.05) is 20.1 Å². The summed E-state index contributed by atoms with van der Waals surface area (Å²) < 4.78 is 5.67. The average Bonchev–Trinajstić information content (AvgIpc) is 2.09. The normalized spacial score (nSPS) is 17.9. The number of ether oxygens (including phenoxy) is 1. The van der Waals surface area contributed by atoms with Crippen molar-refractivity contribution < 1.29 is 4.74 Å². The number of likely N-dealkylation sites (tertiary alicyclic amines) is 1. The molecule has 2 rings (SSSR count). The molecule has 1 aliphatic heterocycles. The lowest BCUT2D eigenvalue weighted by Gasteiger charge is -2.36. The smallest absolute Gasteiger partial charge is 0.124 e. The molecule has 0 unspecified atom stereocenters. The van der Waals surface area contributed by atoms with Crippen molar-refractivity contribution in [2.45, 2.75) is 6.10 Å². The number of likely N-dealkylation sites (N-methyl/N-ethyl adjacent to an activating group) is 1. The van der Waals surface area contributed by atoms with Gasteiger partial charge in [-0.2, -0.15) is 0 Å². The maximum atomic E-state index is 5.86. The Kier molecular flexibility index (Phi) is 2.86. The summed E-state index contributed by atoms with van der Waals surface area (Å²) in [5.74, 6) is 0.789. The fourth-order valence-corrected chi connectivity index (χ4v) is 1.75. The van der Waals surface area contributed by atoms with Crippen LogP contribution in [0.15, 0.2) is 18.2 Å². The first-order valence-electron chi connectivity index (χ1n) is 4.45. The van der Waals surface area contributed by atoms with Crippen molar-refractivity contribution in [3.05, 3.63) is 28.2 Å². The molecule has 0 amide bonds. The van der Waals surface area contributed by atoms with Crippen LogP contribution in [0.4, 0.5) is 0 Å². The minimum atomic E-state index is 0.289. The van der Waals surface area contributed by atoms with Gasteiger partial charge in [-0.1, -0.05) is 23.2 Å². The lowest BCUT2D eigenvalue weighted by atomic mass is 10.2. The van der Waals surface area contributed by atoms with E-state index in [2.05, 4.69) is 11.9 Å². The van der Waals surface area contributed by atoms with Gasteiger partial charge in [-0.05, 0) is 19.2 Å². The molecule has 0 aliphatic carbocycles. The molecule has 0 spiro atoms. The highest BCUT2D eigenvalue weighted by Crippen LogP contribution is 2.27. The fourth-order valence-electron chi connectivity index (χ4n) is 1.46. The van der Waals surface area contributed by atoms with E-state index in [4.69, 9.17) is 27.9 Å². The Balaban J connectivity index is 2.00. The summed E-state index contributed by atoms with van der Waals surface area (Å²) in [6.45, 7) is 1.94. The van der Waals surface area contributed by atoms with E-state index in [1.165, 1.54) is 0 Å². The highest BCUT2D eigenvalue weighted by molar-refractivity contribution is 6.42. The Labute approximate surface area is 93.4 Å². The standard InChI is InChI=1S/C10H11Cl2NO/c1-13-5-8(6-13)14-7-2-3-9(11)10(12)4-7/h2-4,8H,5-6H2,1H3. The van der Waals surface area contributed by atoms with Crippen molar-refractivity contribution >= 4 is 23.2 Å². The van der Waals surface area contributed by atoms with Crippen LogP contribution in [-0.4, -0.2) is 31.1 Å². The molecule has 0 saturated carbocycles. The van der Waals surface area contributed by atoms with Gasteiger partial charge < -0.3 is 4.74 Å². The van der Waals surface area contributed by atoms with E-state index >= 15 is 0 Å². The molecule has 0 atom stereocenters. The largest absolute Gasteiger partial charge is 0.488 e. The minimum absolute atomic E-state index is 0.289. The third kappa shape index (κ3) is 2.14. The molecule has 0 radical (unpaired) electrons. The Bertz CT molecular complexity index is 337. The third-order valence-corrected chi connectivity index (χ3v) is 2.96. The van der Waals surface area contributed by atoms with Crippen LogP contribution >= 0.6 is 23.2 Å². The van der Waals surface area contributed by atoms with Gasteiger partial charge in [0.05, 0.1) is 10.0 Å². The van der Waals surface area contributed by atoms with Gasteiger partial charge in [-0.25, -0.2) is 0 Å². The molecule has 1 aliphatic rings. The van der Waals surface area contributed by atoms with Crippen LogP contribution in [0.2, 0.25) is 10.0 Å². The Morgan fingerprint density at radius 2 is 2.00 bits per heavy atom. The molecule has 1 saturated heterocycles. The topological polar surface area (TPSA) is 12.5 Å². The molecule has 4 heteroatoms. The zero-order chi connectivity index (χ0) is 10.1. The van der Waals surface area contributed by atoms with Gasteiger partial charge in [0.15, 0.2) is 0 Å². The molecule has 0 aromatic heterocycles.